The Bertz CT molecular complexity index is 1170. The number of nitrogens with zero attached hydrogens (tertiary/aromatic N) is 6. The number of hydrogen-bond donors (Lipinski definition) is 1. The zero-order valence-electron chi connectivity index (χ0n) is 18.9. The Hall–Kier alpha value is -3.54. The van der Waals surface area contributed by atoms with Gasteiger partial charge in [0.1, 0.15) is 17.9 Å². The molecule has 2 atom stereocenters. The number of hydrogen-bond acceptors (Lipinski definition) is 7. The first-order valence-electron chi connectivity index (χ1n) is 10.7. The number of ether oxygens (including phenoxy) is 1. The molecule has 0 saturated carbocycles. The highest BCUT2D eigenvalue weighted by molar-refractivity contribution is 5.77. The highest BCUT2D eigenvalue weighted by atomic mass is 19.4. The lowest BCUT2D eigenvalue weighted by Gasteiger charge is -2.38. The molecule has 0 spiro atoms. The second-order valence-corrected chi connectivity index (χ2v) is 8.31. The van der Waals surface area contributed by atoms with E-state index in [-0.39, 0.29) is 30.5 Å². The first-order valence-corrected chi connectivity index (χ1v) is 10.7. The summed E-state index contributed by atoms with van der Waals surface area (Å²) in [5.41, 5.74) is 1.51. The van der Waals surface area contributed by atoms with Crippen molar-refractivity contribution in [1.82, 2.24) is 29.9 Å². The quantitative estimate of drug-likeness (QED) is 0.604. The monoisotopic (exact) mass is 475 g/mol. The van der Waals surface area contributed by atoms with Crippen molar-refractivity contribution in [2.45, 2.75) is 45.6 Å². The minimum Gasteiger partial charge on any atom is -0.377 e. The summed E-state index contributed by atoms with van der Waals surface area (Å²) >= 11 is 0. The van der Waals surface area contributed by atoms with E-state index in [2.05, 4.69) is 25.6 Å². The molecule has 0 radical (unpaired) electrons. The number of rotatable bonds is 5. The Morgan fingerprint density at radius 3 is 2.65 bits per heavy atom. The number of halogens is 3. The van der Waals surface area contributed by atoms with Crippen molar-refractivity contribution in [3.8, 4) is 11.3 Å². The van der Waals surface area contributed by atoms with E-state index in [1.165, 1.54) is 4.68 Å². The van der Waals surface area contributed by atoms with Gasteiger partial charge >= 0.3 is 6.18 Å². The first kappa shape index (κ1) is 23.6. The largest absolute Gasteiger partial charge is 0.433 e. The van der Waals surface area contributed by atoms with Crippen molar-refractivity contribution in [3.63, 3.8) is 0 Å². The number of anilines is 2. The Kier molecular flexibility index (Phi) is 6.51. The molecule has 1 aromatic carbocycles. The highest BCUT2D eigenvalue weighted by Gasteiger charge is 2.33. The second-order valence-electron chi connectivity index (χ2n) is 8.31. The minimum atomic E-state index is -4.57. The van der Waals surface area contributed by atoms with Crippen LogP contribution in [0.1, 0.15) is 25.1 Å². The molecule has 1 amide bonds. The first-order chi connectivity index (χ1) is 16.1. The number of aryl methyl sites for hydroxylation is 1. The topological polar surface area (TPSA) is 98.1 Å². The SMILES string of the molecule is Cc1cc(Nc2nccc(C(F)(F)F)n2)cc(-c2cn(CC(=O)N3C(C)COCC3C)nn2)c1. The van der Waals surface area contributed by atoms with E-state index in [0.29, 0.717) is 30.2 Å². The van der Waals surface area contributed by atoms with E-state index in [9.17, 15) is 18.0 Å². The van der Waals surface area contributed by atoms with Crippen molar-refractivity contribution in [2.75, 3.05) is 18.5 Å². The van der Waals surface area contributed by atoms with Crippen LogP contribution in [0.25, 0.3) is 11.3 Å². The van der Waals surface area contributed by atoms with Crippen LogP contribution in [0.3, 0.4) is 0 Å². The third kappa shape index (κ3) is 5.33. The fraction of sp³-hybridized carbons (Fsp3) is 0.409. The number of amides is 1. The molecule has 9 nitrogen and oxygen atoms in total. The van der Waals surface area contributed by atoms with Crippen LogP contribution in [0.2, 0.25) is 0 Å². The van der Waals surface area contributed by atoms with Gasteiger partial charge in [-0.05, 0) is 50.6 Å². The van der Waals surface area contributed by atoms with E-state index >= 15 is 0 Å². The van der Waals surface area contributed by atoms with E-state index in [1.807, 2.05) is 26.8 Å². The van der Waals surface area contributed by atoms with Crippen LogP contribution in [-0.2, 0) is 22.3 Å². The number of nitrogens with one attached hydrogen (secondary N) is 1. The molecule has 2 unspecified atom stereocenters. The summed E-state index contributed by atoms with van der Waals surface area (Å²) in [6.07, 6.45) is -1.86. The molecule has 1 N–H and O–H groups in total. The minimum absolute atomic E-state index is 0.0253. The highest BCUT2D eigenvalue weighted by Crippen LogP contribution is 2.29. The van der Waals surface area contributed by atoms with Crippen LogP contribution in [-0.4, -0.2) is 61.1 Å². The molecule has 34 heavy (non-hydrogen) atoms. The molecule has 4 rings (SSSR count). The van der Waals surface area contributed by atoms with Gasteiger partial charge in [0.15, 0.2) is 0 Å². The van der Waals surface area contributed by atoms with Gasteiger partial charge in [0.2, 0.25) is 11.9 Å². The predicted molar refractivity (Wildman–Crippen MR) is 117 cm³/mol. The van der Waals surface area contributed by atoms with Gasteiger partial charge in [-0.2, -0.15) is 13.2 Å². The van der Waals surface area contributed by atoms with E-state index < -0.39 is 11.9 Å². The number of alkyl halides is 3. The number of carbonyl (C=O) groups is 1. The normalized spacial score (nSPS) is 18.7. The standard InChI is InChI=1S/C22H24F3N7O2/c1-13-6-16(8-17(7-13)27-21-26-5-4-19(28-21)22(23,24)25)18-9-31(30-29-18)10-20(33)32-14(2)11-34-12-15(32)3/h4-9,14-15H,10-12H2,1-3H3,(H,26,27,28). The Morgan fingerprint density at radius 1 is 1.21 bits per heavy atom. The predicted octanol–water partition coefficient (Wildman–Crippen LogP) is 3.44. The Morgan fingerprint density at radius 2 is 1.94 bits per heavy atom. The second kappa shape index (κ2) is 9.37. The zero-order chi connectivity index (χ0) is 24.5. The summed E-state index contributed by atoms with van der Waals surface area (Å²) in [6.45, 7) is 6.75. The van der Waals surface area contributed by atoms with Crippen LogP contribution in [0.15, 0.2) is 36.7 Å². The maximum atomic E-state index is 12.9. The fourth-order valence-corrected chi connectivity index (χ4v) is 3.93. The van der Waals surface area contributed by atoms with Gasteiger partial charge in [-0.1, -0.05) is 5.21 Å². The molecule has 0 bridgehead atoms. The molecular weight excluding hydrogens is 451 g/mol. The maximum Gasteiger partial charge on any atom is 0.433 e. The lowest BCUT2D eigenvalue weighted by Crippen LogP contribution is -2.53. The molecular formula is C22H24F3N7O2. The molecule has 1 aliphatic rings. The molecule has 1 aliphatic heterocycles. The fourth-order valence-electron chi connectivity index (χ4n) is 3.93. The smallest absolute Gasteiger partial charge is 0.377 e. The van der Waals surface area contributed by atoms with Gasteiger partial charge < -0.3 is 15.0 Å². The molecule has 1 fully saturated rings. The Labute approximate surface area is 194 Å². The van der Waals surface area contributed by atoms with Crippen molar-refractivity contribution >= 4 is 17.5 Å². The average Bonchev–Trinajstić information content (AvgIpc) is 3.21. The molecule has 180 valence electrons. The van der Waals surface area contributed by atoms with Crippen LogP contribution in [0.4, 0.5) is 24.8 Å². The van der Waals surface area contributed by atoms with Gasteiger partial charge in [0.05, 0.1) is 31.5 Å². The van der Waals surface area contributed by atoms with Gasteiger partial charge in [-0.15, -0.1) is 5.10 Å². The molecule has 12 heteroatoms. The average molecular weight is 475 g/mol. The number of aromatic nitrogens is 5. The summed E-state index contributed by atoms with van der Waals surface area (Å²) in [6, 6.07) is 6.08. The van der Waals surface area contributed by atoms with Crippen molar-refractivity contribution in [3.05, 3.63) is 47.9 Å². The third-order valence-corrected chi connectivity index (χ3v) is 5.37. The molecule has 3 heterocycles. The maximum absolute atomic E-state index is 12.9. The van der Waals surface area contributed by atoms with Gasteiger partial charge in [0, 0.05) is 17.4 Å². The Balaban J connectivity index is 1.51. The molecule has 3 aromatic rings. The lowest BCUT2D eigenvalue weighted by atomic mass is 10.1. The van der Waals surface area contributed by atoms with E-state index in [0.717, 1.165) is 17.8 Å². The van der Waals surface area contributed by atoms with E-state index in [1.54, 1.807) is 23.2 Å². The van der Waals surface area contributed by atoms with Crippen LogP contribution in [0.5, 0.6) is 0 Å². The summed E-state index contributed by atoms with van der Waals surface area (Å²) in [5, 5.41) is 11.1. The van der Waals surface area contributed by atoms with Crippen LogP contribution in [0, 0.1) is 6.92 Å². The van der Waals surface area contributed by atoms with Crippen LogP contribution >= 0.6 is 0 Å². The molecule has 2 aromatic heterocycles. The summed E-state index contributed by atoms with van der Waals surface area (Å²) in [7, 11) is 0. The van der Waals surface area contributed by atoms with E-state index in [4.69, 9.17) is 4.74 Å². The lowest BCUT2D eigenvalue weighted by molar-refractivity contribution is -0.145. The van der Waals surface area contributed by atoms with Gasteiger partial charge in [-0.25, -0.2) is 14.6 Å². The van der Waals surface area contributed by atoms with Gasteiger partial charge in [0.25, 0.3) is 0 Å². The summed E-state index contributed by atoms with van der Waals surface area (Å²) in [4.78, 5) is 22.0. The molecule has 0 aliphatic carbocycles. The van der Waals surface area contributed by atoms with Gasteiger partial charge in [-0.3, -0.25) is 4.79 Å². The molecule has 1 saturated heterocycles. The summed E-state index contributed by atoms with van der Waals surface area (Å²) < 4.78 is 45.8. The summed E-state index contributed by atoms with van der Waals surface area (Å²) in [5.74, 6) is -0.248. The third-order valence-electron chi connectivity index (χ3n) is 5.37. The number of morpholine rings is 1. The van der Waals surface area contributed by atoms with Crippen molar-refractivity contribution < 1.29 is 22.7 Å². The zero-order valence-corrected chi connectivity index (χ0v) is 18.9. The van der Waals surface area contributed by atoms with Crippen LogP contribution < -0.4 is 5.32 Å². The number of carbonyl (C=O) groups excluding carboxylic acids is 1. The van der Waals surface area contributed by atoms with Crippen molar-refractivity contribution in [1.29, 1.82) is 0 Å². The van der Waals surface area contributed by atoms with Crippen molar-refractivity contribution in [2.24, 2.45) is 0 Å². The number of benzene rings is 1.